The smallest absolute Gasteiger partial charge is 0.322 e. The van der Waals surface area contributed by atoms with Gasteiger partial charge in [0.15, 0.2) is 0 Å². The molecule has 1 aliphatic rings. The number of nitrogens with zero attached hydrogens (tertiary/aromatic N) is 1. The van der Waals surface area contributed by atoms with Gasteiger partial charge in [-0.05, 0) is 38.7 Å². The molecule has 0 saturated carbocycles. The number of rotatable bonds is 6. The van der Waals surface area contributed by atoms with Gasteiger partial charge in [0.2, 0.25) is 0 Å². The molecular weight excluding hydrogens is 332 g/mol. The molecule has 1 aliphatic heterocycles. The zero-order valence-electron chi connectivity index (χ0n) is 14.4. The highest BCUT2D eigenvalue weighted by atomic mass is 35.5. The van der Waals surface area contributed by atoms with E-state index in [4.69, 9.17) is 26.2 Å². The average molecular weight is 357 g/mol. The molecular formula is C17H25ClN2O4. The van der Waals surface area contributed by atoms with Crippen molar-refractivity contribution in [2.45, 2.75) is 38.1 Å². The van der Waals surface area contributed by atoms with Gasteiger partial charge in [-0.25, -0.2) is 4.79 Å². The number of halogens is 1. The van der Waals surface area contributed by atoms with Gasteiger partial charge in [-0.15, -0.1) is 0 Å². The average Bonchev–Trinajstić information content (AvgIpc) is 2.95. The second kappa shape index (κ2) is 7.94. The van der Waals surface area contributed by atoms with Crippen LogP contribution in [0.4, 0.5) is 10.5 Å². The molecule has 1 aromatic carbocycles. The zero-order valence-corrected chi connectivity index (χ0v) is 15.2. The summed E-state index contributed by atoms with van der Waals surface area (Å²) in [4.78, 5) is 14.6. The normalized spacial score (nSPS) is 20.1. The first kappa shape index (κ1) is 18.7. The van der Waals surface area contributed by atoms with Crippen LogP contribution in [0.1, 0.15) is 32.6 Å². The maximum Gasteiger partial charge on any atom is 0.322 e. The van der Waals surface area contributed by atoms with Crippen LogP contribution >= 0.6 is 11.6 Å². The standard InChI is InChI=1S/C17H25ClN2O4/c1-17(7-5-9-21)6-4-8-20(17)16(22)19-13-10-12(18)14(23-2)11-15(13)24-3/h10-11,21H,4-9H2,1-3H3,(H,19,22). The molecule has 2 N–H and O–H groups in total. The van der Waals surface area contributed by atoms with Crippen LogP contribution in [0.3, 0.4) is 0 Å². The van der Waals surface area contributed by atoms with Crippen molar-refractivity contribution < 1.29 is 19.4 Å². The van der Waals surface area contributed by atoms with Crippen molar-refractivity contribution >= 4 is 23.3 Å². The summed E-state index contributed by atoms with van der Waals surface area (Å²) in [5, 5.41) is 12.4. The molecule has 1 fully saturated rings. The third kappa shape index (κ3) is 3.87. The number of aliphatic hydroxyl groups excluding tert-OH is 1. The molecule has 1 unspecified atom stereocenters. The van der Waals surface area contributed by atoms with Gasteiger partial charge >= 0.3 is 6.03 Å². The number of nitrogens with one attached hydrogen (secondary N) is 1. The first-order valence-electron chi connectivity index (χ1n) is 8.06. The van der Waals surface area contributed by atoms with Gasteiger partial charge in [0.1, 0.15) is 11.5 Å². The van der Waals surface area contributed by atoms with E-state index in [1.807, 2.05) is 4.90 Å². The van der Waals surface area contributed by atoms with Crippen LogP contribution in [0.2, 0.25) is 5.02 Å². The topological polar surface area (TPSA) is 71.0 Å². The maximum absolute atomic E-state index is 12.7. The molecule has 0 radical (unpaired) electrons. The number of hydrogen-bond donors (Lipinski definition) is 2. The van der Waals surface area contributed by atoms with Crippen molar-refractivity contribution in [2.75, 3.05) is 32.7 Å². The summed E-state index contributed by atoms with van der Waals surface area (Å²) >= 11 is 6.15. The van der Waals surface area contributed by atoms with Crippen molar-refractivity contribution in [2.24, 2.45) is 0 Å². The minimum absolute atomic E-state index is 0.132. The van der Waals surface area contributed by atoms with E-state index in [9.17, 15) is 4.79 Å². The lowest BCUT2D eigenvalue weighted by Crippen LogP contribution is -2.47. The number of aliphatic hydroxyl groups is 1. The van der Waals surface area contributed by atoms with Gasteiger partial charge in [-0.2, -0.15) is 0 Å². The third-order valence-electron chi connectivity index (χ3n) is 4.58. The number of urea groups is 1. The summed E-state index contributed by atoms with van der Waals surface area (Å²) in [5.41, 5.74) is 0.265. The van der Waals surface area contributed by atoms with Crippen LogP contribution in [0.15, 0.2) is 12.1 Å². The SMILES string of the molecule is COc1cc(OC)c(NC(=O)N2CCCC2(C)CCCO)cc1Cl. The Morgan fingerprint density at radius 1 is 1.38 bits per heavy atom. The Kier molecular flexibility index (Phi) is 6.18. The van der Waals surface area contributed by atoms with E-state index in [1.54, 1.807) is 12.1 Å². The summed E-state index contributed by atoms with van der Waals surface area (Å²) < 4.78 is 10.5. The number of amides is 2. The van der Waals surface area contributed by atoms with E-state index in [0.29, 0.717) is 35.2 Å². The van der Waals surface area contributed by atoms with Crippen molar-refractivity contribution in [3.8, 4) is 11.5 Å². The summed E-state index contributed by atoms with van der Waals surface area (Å²) in [6, 6.07) is 3.08. The van der Waals surface area contributed by atoms with Crippen molar-refractivity contribution in [1.82, 2.24) is 4.90 Å². The van der Waals surface area contributed by atoms with Gasteiger partial charge in [-0.3, -0.25) is 0 Å². The van der Waals surface area contributed by atoms with Crippen molar-refractivity contribution in [3.05, 3.63) is 17.2 Å². The van der Waals surface area contributed by atoms with Crippen LogP contribution in [-0.4, -0.2) is 48.9 Å². The molecule has 7 heteroatoms. The molecule has 0 spiro atoms. The van der Waals surface area contributed by atoms with E-state index < -0.39 is 0 Å². The minimum Gasteiger partial charge on any atom is -0.495 e. The van der Waals surface area contributed by atoms with Gasteiger partial charge in [0.25, 0.3) is 0 Å². The predicted molar refractivity (Wildman–Crippen MR) is 94.2 cm³/mol. The Hall–Kier alpha value is -1.66. The van der Waals surface area contributed by atoms with Crippen LogP contribution in [0, 0.1) is 0 Å². The summed E-state index contributed by atoms with van der Waals surface area (Å²) in [6.45, 7) is 2.89. The van der Waals surface area contributed by atoms with Gasteiger partial charge in [0.05, 0.1) is 24.9 Å². The zero-order chi connectivity index (χ0) is 17.7. The lowest BCUT2D eigenvalue weighted by atomic mass is 9.93. The molecule has 1 heterocycles. The molecule has 2 rings (SSSR count). The molecule has 0 bridgehead atoms. The molecule has 134 valence electrons. The van der Waals surface area contributed by atoms with Crippen LogP contribution in [0.5, 0.6) is 11.5 Å². The quantitative estimate of drug-likeness (QED) is 0.818. The number of carbonyl (C=O) groups is 1. The summed E-state index contributed by atoms with van der Waals surface area (Å²) in [6.07, 6.45) is 3.34. The summed E-state index contributed by atoms with van der Waals surface area (Å²) in [5.74, 6) is 0.973. The number of anilines is 1. The molecule has 24 heavy (non-hydrogen) atoms. The Morgan fingerprint density at radius 3 is 2.71 bits per heavy atom. The lowest BCUT2D eigenvalue weighted by molar-refractivity contribution is 0.151. The van der Waals surface area contributed by atoms with Crippen molar-refractivity contribution in [3.63, 3.8) is 0 Å². The lowest BCUT2D eigenvalue weighted by Gasteiger charge is -2.35. The number of benzene rings is 1. The monoisotopic (exact) mass is 356 g/mol. The highest BCUT2D eigenvalue weighted by molar-refractivity contribution is 6.32. The van der Waals surface area contributed by atoms with E-state index in [0.717, 1.165) is 19.3 Å². The van der Waals surface area contributed by atoms with Gasteiger partial charge in [0, 0.05) is 24.8 Å². The summed E-state index contributed by atoms with van der Waals surface area (Å²) in [7, 11) is 3.05. The Labute approximate surface area is 147 Å². The molecule has 1 aromatic rings. The second-order valence-electron chi connectivity index (χ2n) is 6.20. The highest BCUT2D eigenvalue weighted by Gasteiger charge is 2.39. The van der Waals surface area contributed by atoms with Crippen LogP contribution in [0.25, 0.3) is 0 Å². The number of hydrogen-bond acceptors (Lipinski definition) is 4. The van der Waals surface area contributed by atoms with Crippen LogP contribution < -0.4 is 14.8 Å². The van der Waals surface area contributed by atoms with E-state index >= 15 is 0 Å². The number of ether oxygens (including phenoxy) is 2. The predicted octanol–water partition coefficient (Wildman–Crippen LogP) is 3.52. The van der Waals surface area contributed by atoms with Gasteiger partial charge < -0.3 is 24.8 Å². The molecule has 0 aliphatic carbocycles. The molecule has 6 nitrogen and oxygen atoms in total. The minimum atomic E-state index is -0.240. The van der Waals surface area contributed by atoms with Crippen LogP contribution in [-0.2, 0) is 0 Å². The van der Waals surface area contributed by atoms with E-state index in [-0.39, 0.29) is 18.2 Å². The number of carbonyl (C=O) groups excluding carboxylic acids is 1. The Morgan fingerprint density at radius 2 is 2.08 bits per heavy atom. The largest absolute Gasteiger partial charge is 0.495 e. The molecule has 1 saturated heterocycles. The Balaban J connectivity index is 2.18. The molecule has 2 amide bonds. The van der Waals surface area contributed by atoms with E-state index in [1.165, 1.54) is 14.2 Å². The Bertz CT molecular complexity index is 596. The second-order valence-corrected chi connectivity index (χ2v) is 6.60. The molecule has 0 aromatic heterocycles. The number of likely N-dealkylation sites (tertiary alicyclic amines) is 1. The molecule has 1 atom stereocenters. The fourth-order valence-corrected chi connectivity index (χ4v) is 3.47. The first-order chi connectivity index (χ1) is 11.4. The van der Waals surface area contributed by atoms with Crippen molar-refractivity contribution in [1.29, 1.82) is 0 Å². The van der Waals surface area contributed by atoms with E-state index in [2.05, 4.69) is 12.2 Å². The third-order valence-corrected chi connectivity index (χ3v) is 4.88. The van der Waals surface area contributed by atoms with Gasteiger partial charge in [-0.1, -0.05) is 11.6 Å². The number of methoxy groups -OCH3 is 2. The maximum atomic E-state index is 12.7. The fourth-order valence-electron chi connectivity index (χ4n) is 3.23. The first-order valence-corrected chi connectivity index (χ1v) is 8.44. The highest BCUT2D eigenvalue weighted by Crippen LogP contribution is 2.38. The fraction of sp³-hybridized carbons (Fsp3) is 0.588.